The Labute approximate surface area is 240 Å². The van der Waals surface area contributed by atoms with Crippen molar-refractivity contribution in [3.05, 3.63) is 59.6 Å². The summed E-state index contributed by atoms with van der Waals surface area (Å²) < 4.78 is 28.2. The van der Waals surface area contributed by atoms with Gasteiger partial charge < -0.3 is 15.1 Å². The number of nitrogens with zero attached hydrogens (tertiary/aromatic N) is 4. The maximum Gasteiger partial charge on any atom is 0.237 e. The van der Waals surface area contributed by atoms with Crippen LogP contribution in [-0.4, -0.2) is 60.8 Å². The van der Waals surface area contributed by atoms with Gasteiger partial charge in [-0.05, 0) is 95.6 Å². The number of hydrogen-bond donors (Lipinski definition) is 2. The summed E-state index contributed by atoms with van der Waals surface area (Å²) in [6.45, 7) is 6.16. The van der Waals surface area contributed by atoms with Crippen molar-refractivity contribution in [2.75, 3.05) is 35.6 Å². The molecule has 0 bridgehead atoms. The molecule has 10 heteroatoms. The Bertz CT molecular complexity index is 1680. The summed E-state index contributed by atoms with van der Waals surface area (Å²) in [5.74, 6) is 0.542. The van der Waals surface area contributed by atoms with E-state index in [2.05, 4.69) is 57.1 Å². The molecular weight excluding hydrogens is 541 g/mol. The van der Waals surface area contributed by atoms with E-state index in [1.807, 2.05) is 29.8 Å². The number of hydrogen-bond acceptors (Lipinski definition) is 8. The SMILES string of the molecule is CN(C)C1CCN2c3ccc(Nc4ncc5scc(-c6cccc(NS(=O)(=O)C(C)(C)C)c6)c5n4)cc3CC2C1. The molecule has 0 saturated carbocycles. The van der Waals surface area contributed by atoms with E-state index in [-0.39, 0.29) is 0 Å². The summed E-state index contributed by atoms with van der Waals surface area (Å²) in [5, 5.41) is 5.47. The quantitative estimate of drug-likeness (QED) is 0.287. The maximum absolute atomic E-state index is 12.7. The minimum absolute atomic E-state index is 0.533. The van der Waals surface area contributed by atoms with Gasteiger partial charge in [-0.25, -0.2) is 18.4 Å². The zero-order valence-corrected chi connectivity index (χ0v) is 25.2. The highest BCUT2D eigenvalue weighted by molar-refractivity contribution is 7.94. The van der Waals surface area contributed by atoms with Crippen molar-refractivity contribution in [3.63, 3.8) is 0 Å². The molecule has 2 aliphatic heterocycles. The molecule has 2 atom stereocenters. The molecule has 2 N–H and O–H groups in total. The smallest absolute Gasteiger partial charge is 0.237 e. The Kier molecular flexibility index (Phi) is 6.75. The van der Waals surface area contributed by atoms with Gasteiger partial charge in [0.15, 0.2) is 0 Å². The molecule has 2 aromatic heterocycles. The first-order chi connectivity index (χ1) is 19.0. The maximum atomic E-state index is 12.7. The Morgan fingerprint density at radius 3 is 2.70 bits per heavy atom. The third-order valence-electron chi connectivity index (χ3n) is 8.07. The van der Waals surface area contributed by atoms with Gasteiger partial charge in [0.25, 0.3) is 0 Å². The first-order valence-corrected chi connectivity index (χ1v) is 16.0. The molecule has 4 heterocycles. The van der Waals surface area contributed by atoms with Gasteiger partial charge in [0, 0.05) is 46.6 Å². The van der Waals surface area contributed by atoms with E-state index in [0.29, 0.717) is 23.7 Å². The number of benzene rings is 2. The van der Waals surface area contributed by atoms with Crippen molar-refractivity contribution in [2.24, 2.45) is 0 Å². The molecule has 40 heavy (non-hydrogen) atoms. The van der Waals surface area contributed by atoms with E-state index in [0.717, 1.165) is 40.0 Å². The van der Waals surface area contributed by atoms with Crippen molar-refractivity contribution in [2.45, 2.75) is 56.9 Å². The van der Waals surface area contributed by atoms with Gasteiger partial charge in [-0.3, -0.25) is 4.72 Å². The molecule has 210 valence electrons. The second-order valence-electron chi connectivity index (χ2n) is 12.0. The minimum Gasteiger partial charge on any atom is -0.368 e. The molecule has 1 saturated heterocycles. The fourth-order valence-corrected chi connectivity index (χ4v) is 7.27. The van der Waals surface area contributed by atoms with Crippen LogP contribution in [0.2, 0.25) is 0 Å². The van der Waals surface area contributed by atoms with Crippen molar-refractivity contribution < 1.29 is 8.42 Å². The fourth-order valence-electron chi connectivity index (χ4n) is 5.65. The van der Waals surface area contributed by atoms with E-state index in [1.54, 1.807) is 38.2 Å². The predicted molar refractivity (Wildman–Crippen MR) is 166 cm³/mol. The van der Waals surface area contributed by atoms with E-state index >= 15 is 0 Å². The highest BCUT2D eigenvalue weighted by Gasteiger charge is 2.35. The van der Waals surface area contributed by atoms with Crippen LogP contribution in [0.4, 0.5) is 23.0 Å². The average molecular weight is 577 g/mol. The lowest BCUT2D eigenvalue weighted by Gasteiger charge is -2.39. The van der Waals surface area contributed by atoms with Gasteiger partial charge in [0.1, 0.15) is 0 Å². The molecule has 0 amide bonds. The van der Waals surface area contributed by atoms with Crippen molar-refractivity contribution in [1.82, 2.24) is 14.9 Å². The molecule has 8 nitrogen and oxygen atoms in total. The lowest BCUT2D eigenvalue weighted by molar-refractivity contribution is 0.227. The number of aromatic nitrogens is 2. The number of piperidine rings is 1. The highest BCUT2D eigenvalue weighted by atomic mass is 32.2. The highest BCUT2D eigenvalue weighted by Crippen LogP contribution is 2.40. The van der Waals surface area contributed by atoms with Gasteiger partial charge >= 0.3 is 0 Å². The van der Waals surface area contributed by atoms with Crippen LogP contribution in [-0.2, 0) is 16.4 Å². The summed E-state index contributed by atoms with van der Waals surface area (Å²) in [4.78, 5) is 14.4. The second-order valence-corrected chi connectivity index (χ2v) is 15.4. The van der Waals surface area contributed by atoms with Crippen LogP contribution in [0.1, 0.15) is 39.2 Å². The number of anilines is 4. The molecule has 1 fully saturated rings. The second kappa shape index (κ2) is 10.0. The number of nitrogens with one attached hydrogen (secondary N) is 2. The van der Waals surface area contributed by atoms with Crippen LogP contribution in [0.3, 0.4) is 0 Å². The molecule has 0 radical (unpaired) electrons. The van der Waals surface area contributed by atoms with Gasteiger partial charge in [-0.1, -0.05) is 12.1 Å². The third kappa shape index (κ3) is 5.04. The van der Waals surface area contributed by atoms with E-state index in [1.165, 1.54) is 24.1 Å². The molecule has 4 aromatic rings. The molecule has 0 aliphatic carbocycles. The summed E-state index contributed by atoms with van der Waals surface area (Å²) >= 11 is 1.58. The summed E-state index contributed by atoms with van der Waals surface area (Å²) in [6.07, 6.45) is 5.31. The van der Waals surface area contributed by atoms with Crippen molar-refractivity contribution >= 4 is 54.6 Å². The van der Waals surface area contributed by atoms with Crippen LogP contribution in [0.25, 0.3) is 21.3 Å². The zero-order chi connectivity index (χ0) is 28.2. The Hall–Kier alpha value is -3.21. The van der Waals surface area contributed by atoms with Crippen LogP contribution >= 0.6 is 11.3 Å². The summed E-state index contributed by atoms with van der Waals surface area (Å²) in [5.41, 5.74) is 6.93. The van der Waals surface area contributed by atoms with Crippen LogP contribution in [0.5, 0.6) is 0 Å². The van der Waals surface area contributed by atoms with E-state index < -0.39 is 14.8 Å². The predicted octanol–water partition coefficient (Wildman–Crippen LogP) is 6.10. The van der Waals surface area contributed by atoms with Gasteiger partial charge in [0.05, 0.1) is 21.2 Å². The molecular formula is C30H36N6O2S2. The van der Waals surface area contributed by atoms with Gasteiger partial charge in [-0.2, -0.15) is 0 Å². The third-order valence-corrected chi connectivity index (χ3v) is 11.1. The van der Waals surface area contributed by atoms with Gasteiger partial charge in [-0.15, -0.1) is 11.3 Å². The minimum atomic E-state index is -3.53. The lowest BCUT2D eigenvalue weighted by atomic mass is 9.96. The molecule has 6 rings (SSSR count). The average Bonchev–Trinajstić information content (AvgIpc) is 3.48. The van der Waals surface area contributed by atoms with Crippen LogP contribution in [0.15, 0.2) is 54.0 Å². The first kappa shape index (κ1) is 27.0. The summed E-state index contributed by atoms with van der Waals surface area (Å²) in [6, 6.07) is 15.3. The number of thiophene rings is 1. The largest absolute Gasteiger partial charge is 0.368 e. The molecule has 2 aliphatic rings. The summed E-state index contributed by atoms with van der Waals surface area (Å²) in [7, 11) is 0.845. The lowest BCUT2D eigenvalue weighted by Crippen LogP contribution is -2.46. The van der Waals surface area contributed by atoms with Crippen LogP contribution in [0, 0.1) is 0 Å². The van der Waals surface area contributed by atoms with Gasteiger partial charge in [0.2, 0.25) is 16.0 Å². The normalized spacial score (nSPS) is 19.1. The molecule has 0 spiro atoms. The van der Waals surface area contributed by atoms with Crippen molar-refractivity contribution in [1.29, 1.82) is 0 Å². The van der Waals surface area contributed by atoms with Crippen molar-refractivity contribution in [3.8, 4) is 11.1 Å². The fraction of sp³-hybridized carbons (Fsp3) is 0.400. The molecule has 2 unspecified atom stereocenters. The zero-order valence-electron chi connectivity index (χ0n) is 23.6. The topological polar surface area (TPSA) is 90.5 Å². The number of rotatable bonds is 6. The van der Waals surface area contributed by atoms with E-state index in [4.69, 9.17) is 4.98 Å². The molecule has 2 aromatic carbocycles. The first-order valence-electron chi connectivity index (χ1n) is 13.7. The Balaban J connectivity index is 1.24. The van der Waals surface area contributed by atoms with E-state index in [9.17, 15) is 8.42 Å². The Morgan fingerprint density at radius 2 is 1.93 bits per heavy atom. The Morgan fingerprint density at radius 1 is 1.10 bits per heavy atom. The monoisotopic (exact) mass is 576 g/mol. The number of sulfonamides is 1. The number of fused-ring (bicyclic) bond motifs is 4. The standard InChI is InChI=1S/C30H36N6O2S2/c1-30(2,3)40(37,38)34-22-8-6-7-19(13-22)25-18-39-27-17-31-29(33-28(25)27)32-21-9-10-26-20(14-21)15-24-16-23(35(4)5)11-12-36(24)26/h6-10,13-14,17-18,23-24,34H,11-12,15-16H2,1-5H3,(H,31,32,33). The van der Waals surface area contributed by atoms with Crippen LogP contribution < -0.4 is 14.9 Å².